The Bertz CT molecular complexity index is 925. The van der Waals surface area contributed by atoms with Crippen molar-refractivity contribution in [3.8, 4) is 6.07 Å². The van der Waals surface area contributed by atoms with Crippen LogP contribution in [0.1, 0.15) is 67.0 Å². The number of halogens is 2. The lowest BCUT2D eigenvalue weighted by Gasteiger charge is -2.29. The summed E-state index contributed by atoms with van der Waals surface area (Å²) in [6, 6.07) is 4.99. The first kappa shape index (κ1) is 18.5. The van der Waals surface area contributed by atoms with E-state index in [4.69, 9.17) is 0 Å². The van der Waals surface area contributed by atoms with E-state index >= 15 is 0 Å². The molecule has 0 unspecified atom stereocenters. The zero-order valence-corrected chi connectivity index (χ0v) is 15.4. The summed E-state index contributed by atoms with van der Waals surface area (Å²) >= 11 is 0. The number of hydrogen-bond acceptors (Lipinski definition) is 4. The van der Waals surface area contributed by atoms with Gasteiger partial charge in [0.15, 0.2) is 17.2 Å². The van der Waals surface area contributed by atoms with Crippen LogP contribution >= 0.6 is 0 Å². The standard InChI is InChI=1S/C20H21F2N5O/c21-15-7-6-14(10-16(15)22)19(28)24-18(13-4-2-1-3-5-13)17-11-27(26-25-17)20(12-23)8-9-20/h6-7,10-11,13,18H,1-5,8-9H2,(H,24,28)/t18-/m0/s1. The Labute approximate surface area is 161 Å². The van der Waals surface area contributed by atoms with Gasteiger partial charge in [-0.25, -0.2) is 13.5 Å². The molecule has 146 valence electrons. The second-order valence-electron chi connectivity index (χ2n) is 7.71. The molecular formula is C20H21F2N5O. The van der Waals surface area contributed by atoms with E-state index in [0.29, 0.717) is 5.69 Å². The summed E-state index contributed by atoms with van der Waals surface area (Å²) in [5.41, 5.74) is 0.0408. The van der Waals surface area contributed by atoms with Gasteiger partial charge in [0, 0.05) is 5.56 Å². The monoisotopic (exact) mass is 385 g/mol. The molecule has 1 aromatic heterocycles. The molecule has 1 N–H and O–H groups in total. The van der Waals surface area contributed by atoms with E-state index in [0.717, 1.165) is 57.1 Å². The lowest BCUT2D eigenvalue weighted by molar-refractivity contribution is 0.0910. The molecule has 6 nitrogen and oxygen atoms in total. The Kier molecular flexibility index (Phi) is 4.84. The van der Waals surface area contributed by atoms with Gasteiger partial charge in [0.25, 0.3) is 5.91 Å². The van der Waals surface area contributed by atoms with Gasteiger partial charge in [-0.3, -0.25) is 4.79 Å². The van der Waals surface area contributed by atoms with E-state index in [1.807, 2.05) is 0 Å². The molecule has 0 radical (unpaired) electrons. The number of amides is 1. The first-order valence-corrected chi connectivity index (χ1v) is 9.62. The fourth-order valence-corrected chi connectivity index (χ4v) is 3.90. The van der Waals surface area contributed by atoms with Gasteiger partial charge in [0.05, 0.1) is 18.3 Å². The summed E-state index contributed by atoms with van der Waals surface area (Å²) < 4.78 is 28.3. The SMILES string of the molecule is N#CC1(n2cc([C@@H](NC(=O)c3ccc(F)c(F)c3)C3CCCCC3)nn2)CC1. The minimum absolute atomic E-state index is 0.0581. The van der Waals surface area contributed by atoms with E-state index in [9.17, 15) is 18.8 Å². The molecule has 0 spiro atoms. The number of nitrogens with zero attached hydrogens (tertiary/aromatic N) is 4. The van der Waals surface area contributed by atoms with Gasteiger partial charge in [0.1, 0.15) is 5.69 Å². The quantitative estimate of drug-likeness (QED) is 0.852. The lowest BCUT2D eigenvalue weighted by atomic mass is 9.82. The van der Waals surface area contributed by atoms with Gasteiger partial charge in [-0.1, -0.05) is 24.5 Å². The number of nitrogens with one attached hydrogen (secondary N) is 1. The highest BCUT2D eigenvalue weighted by atomic mass is 19.2. The van der Waals surface area contributed by atoms with Gasteiger partial charge >= 0.3 is 0 Å². The number of aromatic nitrogens is 3. The van der Waals surface area contributed by atoms with Crippen LogP contribution in [0.5, 0.6) is 0 Å². The Balaban J connectivity index is 1.59. The molecule has 1 atom stereocenters. The number of hydrogen-bond donors (Lipinski definition) is 1. The number of benzene rings is 1. The van der Waals surface area contributed by atoms with E-state index in [2.05, 4.69) is 21.7 Å². The number of carbonyl (C=O) groups excluding carboxylic acids is 1. The summed E-state index contributed by atoms with van der Waals surface area (Å²) in [6.07, 6.45) is 8.39. The predicted octanol–water partition coefficient (Wildman–Crippen LogP) is 3.62. The van der Waals surface area contributed by atoms with Crippen molar-refractivity contribution in [1.29, 1.82) is 5.26 Å². The molecule has 2 aromatic rings. The first-order valence-electron chi connectivity index (χ1n) is 9.62. The van der Waals surface area contributed by atoms with Gasteiger partial charge < -0.3 is 5.32 Å². The summed E-state index contributed by atoms with van der Waals surface area (Å²) in [6.45, 7) is 0. The van der Waals surface area contributed by atoms with Crippen molar-refractivity contribution in [3.63, 3.8) is 0 Å². The van der Waals surface area contributed by atoms with Crippen molar-refractivity contribution >= 4 is 5.91 Å². The van der Waals surface area contributed by atoms with Crippen LogP contribution in [0, 0.1) is 28.9 Å². The lowest BCUT2D eigenvalue weighted by Crippen LogP contribution is -2.35. The minimum Gasteiger partial charge on any atom is -0.343 e. The van der Waals surface area contributed by atoms with Crippen molar-refractivity contribution in [1.82, 2.24) is 20.3 Å². The first-order chi connectivity index (χ1) is 13.5. The van der Waals surface area contributed by atoms with Gasteiger partial charge in [-0.05, 0) is 49.8 Å². The van der Waals surface area contributed by atoms with Crippen LogP contribution in [0.2, 0.25) is 0 Å². The average molecular weight is 385 g/mol. The third-order valence-electron chi connectivity index (χ3n) is 5.79. The summed E-state index contributed by atoms with van der Waals surface area (Å²) in [4.78, 5) is 12.7. The summed E-state index contributed by atoms with van der Waals surface area (Å²) in [5, 5.41) is 20.7. The predicted molar refractivity (Wildman–Crippen MR) is 96.0 cm³/mol. The molecular weight excluding hydrogens is 364 g/mol. The molecule has 28 heavy (non-hydrogen) atoms. The molecule has 2 aliphatic carbocycles. The molecule has 0 aliphatic heterocycles. The molecule has 1 heterocycles. The molecule has 2 aliphatic rings. The summed E-state index contributed by atoms with van der Waals surface area (Å²) in [7, 11) is 0. The largest absolute Gasteiger partial charge is 0.343 e. The topological polar surface area (TPSA) is 83.6 Å². The molecule has 1 amide bonds. The zero-order chi connectivity index (χ0) is 19.7. The average Bonchev–Trinajstić information content (AvgIpc) is 3.37. The summed E-state index contributed by atoms with van der Waals surface area (Å²) in [5.74, 6) is -2.34. The van der Waals surface area contributed by atoms with Crippen molar-refractivity contribution in [3.05, 3.63) is 47.3 Å². The van der Waals surface area contributed by atoms with Crippen molar-refractivity contribution < 1.29 is 13.6 Å². The second-order valence-corrected chi connectivity index (χ2v) is 7.71. The van der Waals surface area contributed by atoms with E-state index in [1.165, 1.54) is 6.07 Å². The fourth-order valence-electron chi connectivity index (χ4n) is 3.90. The highest BCUT2D eigenvalue weighted by molar-refractivity contribution is 5.94. The molecule has 8 heteroatoms. The van der Waals surface area contributed by atoms with Crippen molar-refractivity contribution in [2.24, 2.45) is 5.92 Å². The van der Waals surface area contributed by atoms with E-state index in [1.54, 1.807) is 10.9 Å². The Morgan fingerprint density at radius 2 is 2.00 bits per heavy atom. The second kappa shape index (κ2) is 7.30. The number of carbonyl (C=O) groups is 1. The van der Waals surface area contributed by atoms with Crippen LogP contribution in [-0.2, 0) is 5.54 Å². The maximum absolute atomic E-state index is 13.5. The molecule has 0 bridgehead atoms. The molecule has 2 saturated carbocycles. The van der Waals surface area contributed by atoms with Crippen molar-refractivity contribution in [2.75, 3.05) is 0 Å². The van der Waals surface area contributed by atoms with Gasteiger partial charge in [-0.15, -0.1) is 5.10 Å². The Hall–Kier alpha value is -2.82. The minimum atomic E-state index is -1.06. The molecule has 1 aromatic carbocycles. The fraction of sp³-hybridized carbons (Fsp3) is 0.500. The molecule has 4 rings (SSSR count). The smallest absolute Gasteiger partial charge is 0.251 e. The molecule has 2 fully saturated rings. The van der Waals surface area contributed by atoms with Crippen LogP contribution in [0.3, 0.4) is 0 Å². The highest BCUT2D eigenvalue weighted by Gasteiger charge is 2.47. The van der Waals surface area contributed by atoms with Crippen molar-refractivity contribution in [2.45, 2.75) is 56.5 Å². The number of nitriles is 1. The Morgan fingerprint density at radius 3 is 2.64 bits per heavy atom. The van der Waals surface area contributed by atoms with Crippen LogP contribution in [-0.4, -0.2) is 20.9 Å². The number of rotatable bonds is 5. The van der Waals surface area contributed by atoms with Crippen LogP contribution in [0.4, 0.5) is 8.78 Å². The molecule has 0 saturated heterocycles. The zero-order valence-electron chi connectivity index (χ0n) is 15.4. The Morgan fingerprint density at radius 1 is 1.25 bits per heavy atom. The maximum Gasteiger partial charge on any atom is 0.251 e. The normalized spacial score (nSPS) is 19.6. The van der Waals surface area contributed by atoms with E-state index in [-0.39, 0.29) is 17.5 Å². The van der Waals surface area contributed by atoms with Crippen LogP contribution < -0.4 is 5.32 Å². The van der Waals surface area contributed by atoms with Gasteiger partial charge in [0.2, 0.25) is 0 Å². The van der Waals surface area contributed by atoms with Crippen LogP contribution in [0.15, 0.2) is 24.4 Å². The van der Waals surface area contributed by atoms with Crippen LogP contribution in [0.25, 0.3) is 0 Å². The van der Waals surface area contributed by atoms with Gasteiger partial charge in [-0.2, -0.15) is 5.26 Å². The third kappa shape index (κ3) is 3.49. The van der Waals surface area contributed by atoms with E-state index < -0.39 is 23.1 Å². The third-order valence-corrected chi connectivity index (χ3v) is 5.79. The highest BCUT2D eigenvalue weighted by Crippen LogP contribution is 2.43. The maximum atomic E-state index is 13.5.